The number of pyridine rings is 1. The van der Waals surface area contributed by atoms with Gasteiger partial charge in [-0.05, 0) is 55.5 Å². The molecule has 4 nitrogen and oxygen atoms in total. The molecule has 1 amide bonds. The van der Waals surface area contributed by atoms with E-state index in [1.807, 2.05) is 61.5 Å². The van der Waals surface area contributed by atoms with Gasteiger partial charge in [-0.1, -0.05) is 22.0 Å². The minimum Gasteiger partial charge on any atom is -0.467 e. The van der Waals surface area contributed by atoms with E-state index in [1.165, 1.54) is 11.8 Å². The van der Waals surface area contributed by atoms with E-state index >= 15 is 0 Å². The summed E-state index contributed by atoms with van der Waals surface area (Å²) in [6.07, 6.45) is 3.30. The van der Waals surface area contributed by atoms with Crippen molar-refractivity contribution in [2.45, 2.75) is 17.9 Å². The first-order valence-electron chi connectivity index (χ1n) is 7.80. The van der Waals surface area contributed by atoms with E-state index in [1.54, 1.807) is 17.4 Å². The Morgan fingerprint density at radius 3 is 2.64 bits per heavy atom. The molecular formula is C19H17BrN2O2S. The number of carbonyl (C=O) groups excluding carboxylic acids is 1. The normalized spacial score (nSPS) is 11.9. The molecule has 0 bridgehead atoms. The van der Waals surface area contributed by atoms with Gasteiger partial charge in [0.15, 0.2) is 0 Å². The van der Waals surface area contributed by atoms with Crippen molar-refractivity contribution in [3.8, 4) is 0 Å². The van der Waals surface area contributed by atoms with Crippen LogP contribution < -0.4 is 4.90 Å². The molecule has 0 unspecified atom stereocenters. The number of hydrogen-bond donors (Lipinski definition) is 0. The van der Waals surface area contributed by atoms with E-state index in [0.717, 1.165) is 15.1 Å². The minimum absolute atomic E-state index is 0.0180. The van der Waals surface area contributed by atoms with Gasteiger partial charge in [0.2, 0.25) is 5.91 Å². The van der Waals surface area contributed by atoms with E-state index < -0.39 is 0 Å². The first-order chi connectivity index (χ1) is 12.1. The Bertz CT molecular complexity index is 807. The highest BCUT2D eigenvalue weighted by Crippen LogP contribution is 2.28. The third-order valence-electron chi connectivity index (χ3n) is 3.68. The molecule has 0 aliphatic rings. The molecule has 3 rings (SSSR count). The third kappa shape index (κ3) is 4.52. The summed E-state index contributed by atoms with van der Waals surface area (Å²) in [5.41, 5.74) is 0. The maximum Gasteiger partial charge on any atom is 0.239 e. The van der Waals surface area contributed by atoms with Crippen molar-refractivity contribution in [3.05, 3.63) is 77.3 Å². The lowest BCUT2D eigenvalue weighted by atomic mass is 10.2. The Hall–Kier alpha value is -2.05. The van der Waals surface area contributed by atoms with Gasteiger partial charge in [-0.15, -0.1) is 11.8 Å². The summed E-state index contributed by atoms with van der Waals surface area (Å²) in [4.78, 5) is 20.0. The van der Waals surface area contributed by atoms with E-state index in [2.05, 4.69) is 20.9 Å². The maximum absolute atomic E-state index is 12.9. The molecule has 25 heavy (non-hydrogen) atoms. The van der Waals surface area contributed by atoms with Crippen LogP contribution in [0.1, 0.15) is 18.7 Å². The van der Waals surface area contributed by atoms with E-state index in [4.69, 9.17) is 4.42 Å². The third-order valence-corrected chi connectivity index (χ3v) is 5.21. The van der Waals surface area contributed by atoms with Crippen molar-refractivity contribution in [2.75, 3.05) is 10.7 Å². The zero-order chi connectivity index (χ0) is 17.6. The number of amides is 1. The summed E-state index contributed by atoms with van der Waals surface area (Å²) in [5, 5.41) is 0. The van der Waals surface area contributed by atoms with Gasteiger partial charge < -0.3 is 4.42 Å². The van der Waals surface area contributed by atoms with E-state index in [0.29, 0.717) is 11.6 Å². The summed E-state index contributed by atoms with van der Waals surface area (Å²) in [5.74, 6) is 1.65. The molecule has 0 aliphatic carbocycles. The molecular weight excluding hydrogens is 400 g/mol. The Labute approximate surface area is 159 Å². The summed E-state index contributed by atoms with van der Waals surface area (Å²) < 4.78 is 6.51. The first-order valence-corrected chi connectivity index (χ1v) is 9.58. The lowest BCUT2D eigenvalue weighted by Crippen LogP contribution is -2.35. The van der Waals surface area contributed by atoms with Crippen LogP contribution in [-0.4, -0.2) is 16.6 Å². The van der Waals surface area contributed by atoms with Crippen LogP contribution >= 0.6 is 27.7 Å². The number of furan rings is 1. The lowest BCUT2D eigenvalue weighted by molar-refractivity contribution is -0.116. The number of aromatic nitrogens is 1. The monoisotopic (exact) mass is 416 g/mol. The lowest BCUT2D eigenvalue weighted by Gasteiger charge is -2.27. The summed E-state index contributed by atoms with van der Waals surface area (Å²) in [7, 11) is 0. The molecule has 128 valence electrons. The van der Waals surface area contributed by atoms with Crippen LogP contribution in [0.4, 0.5) is 5.82 Å². The number of halogens is 1. The fraction of sp³-hybridized carbons (Fsp3) is 0.158. The van der Waals surface area contributed by atoms with Crippen LogP contribution in [-0.2, 0) is 4.79 Å². The highest BCUT2D eigenvalue weighted by Gasteiger charge is 2.25. The highest BCUT2D eigenvalue weighted by molar-refractivity contribution is 9.10. The average Bonchev–Trinajstić information content (AvgIpc) is 3.17. The molecule has 1 atom stereocenters. The van der Waals surface area contributed by atoms with Crippen molar-refractivity contribution in [1.29, 1.82) is 0 Å². The Morgan fingerprint density at radius 2 is 2.00 bits per heavy atom. The van der Waals surface area contributed by atoms with Crippen LogP contribution in [0.2, 0.25) is 0 Å². The summed E-state index contributed by atoms with van der Waals surface area (Å²) in [6, 6.07) is 16.9. The molecule has 0 radical (unpaired) electrons. The molecule has 0 aliphatic heterocycles. The molecule has 2 heterocycles. The van der Waals surface area contributed by atoms with Gasteiger partial charge in [-0.2, -0.15) is 0 Å². The summed E-state index contributed by atoms with van der Waals surface area (Å²) in [6.45, 7) is 1.94. The molecule has 1 aromatic carbocycles. The Balaban J connectivity index is 1.78. The highest BCUT2D eigenvalue weighted by atomic mass is 79.9. The predicted molar refractivity (Wildman–Crippen MR) is 104 cm³/mol. The van der Waals surface area contributed by atoms with Crippen LogP contribution in [0.15, 0.2) is 80.8 Å². The quantitative estimate of drug-likeness (QED) is 0.509. The first kappa shape index (κ1) is 17.8. The zero-order valence-corrected chi connectivity index (χ0v) is 16.0. The number of nitrogens with zero attached hydrogens (tertiary/aromatic N) is 2. The molecule has 0 spiro atoms. The van der Waals surface area contributed by atoms with Crippen molar-refractivity contribution in [2.24, 2.45) is 0 Å². The second-order valence-electron chi connectivity index (χ2n) is 5.39. The smallest absolute Gasteiger partial charge is 0.239 e. The van der Waals surface area contributed by atoms with E-state index in [-0.39, 0.29) is 11.9 Å². The SMILES string of the molecule is C[C@H](c1ccco1)N(C(=O)CSc1ccc(Br)cc1)c1ccccn1. The minimum atomic E-state index is -0.233. The number of carbonyl (C=O) groups is 1. The molecule has 0 saturated heterocycles. The van der Waals surface area contributed by atoms with Crippen LogP contribution in [0.25, 0.3) is 0 Å². The van der Waals surface area contributed by atoms with Gasteiger partial charge in [0, 0.05) is 15.6 Å². The van der Waals surface area contributed by atoms with Crippen LogP contribution in [0, 0.1) is 0 Å². The molecule has 2 aromatic heterocycles. The van der Waals surface area contributed by atoms with Gasteiger partial charge in [0.05, 0.1) is 18.1 Å². The maximum atomic E-state index is 12.9. The zero-order valence-electron chi connectivity index (χ0n) is 13.6. The van der Waals surface area contributed by atoms with E-state index in [9.17, 15) is 4.79 Å². The second kappa shape index (κ2) is 8.36. The second-order valence-corrected chi connectivity index (χ2v) is 7.35. The van der Waals surface area contributed by atoms with Gasteiger partial charge in [-0.3, -0.25) is 9.69 Å². The van der Waals surface area contributed by atoms with Crippen molar-refractivity contribution < 1.29 is 9.21 Å². The van der Waals surface area contributed by atoms with Crippen LogP contribution in [0.3, 0.4) is 0 Å². The average molecular weight is 417 g/mol. The fourth-order valence-electron chi connectivity index (χ4n) is 2.44. The number of thioether (sulfide) groups is 1. The largest absolute Gasteiger partial charge is 0.467 e. The molecule has 0 N–H and O–H groups in total. The van der Waals surface area contributed by atoms with Crippen molar-refractivity contribution in [3.63, 3.8) is 0 Å². The molecule has 0 fully saturated rings. The Morgan fingerprint density at radius 1 is 1.20 bits per heavy atom. The predicted octanol–water partition coefficient (Wildman–Crippen LogP) is 5.32. The molecule has 0 saturated carbocycles. The molecule has 6 heteroatoms. The summed E-state index contributed by atoms with van der Waals surface area (Å²) >= 11 is 4.92. The van der Waals surface area contributed by atoms with Crippen molar-refractivity contribution in [1.82, 2.24) is 4.98 Å². The van der Waals surface area contributed by atoms with Gasteiger partial charge >= 0.3 is 0 Å². The van der Waals surface area contributed by atoms with Gasteiger partial charge in [0.1, 0.15) is 11.6 Å². The topological polar surface area (TPSA) is 46.3 Å². The molecule has 3 aromatic rings. The van der Waals surface area contributed by atoms with Gasteiger partial charge in [-0.25, -0.2) is 4.98 Å². The van der Waals surface area contributed by atoms with Crippen LogP contribution in [0.5, 0.6) is 0 Å². The fourth-order valence-corrected chi connectivity index (χ4v) is 3.46. The number of rotatable bonds is 6. The number of benzene rings is 1. The number of anilines is 1. The van der Waals surface area contributed by atoms with Crippen molar-refractivity contribution >= 4 is 39.4 Å². The van der Waals surface area contributed by atoms with Gasteiger partial charge in [0.25, 0.3) is 0 Å². The Kier molecular flexibility index (Phi) is 5.94. The standard InChI is InChI=1S/C19H17BrN2O2S/c1-14(17-5-4-12-24-17)22(18-6-2-3-11-21-18)19(23)13-25-16-9-7-15(20)8-10-16/h2-12,14H,13H2,1H3/t14-/m1/s1. The number of hydrogen-bond acceptors (Lipinski definition) is 4.